The molecule has 0 spiro atoms. The maximum absolute atomic E-state index is 14.1. The Labute approximate surface area is 258 Å². The van der Waals surface area contributed by atoms with Gasteiger partial charge in [0.05, 0.1) is 35.1 Å². The highest BCUT2D eigenvalue weighted by molar-refractivity contribution is 6.12. The molecule has 5 rings (SSSR count). The van der Waals surface area contributed by atoms with Crippen LogP contribution in [0.4, 0.5) is 23.7 Å². The minimum atomic E-state index is -4.64. The lowest BCUT2D eigenvalue weighted by Gasteiger charge is -2.24. The van der Waals surface area contributed by atoms with E-state index in [9.17, 15) is 28.0 Å². The van der Waals surface area contributed by atoms with Gasteiger partial charge in [-0.25, -0.2) is 14.2 Å². The van der Waals surface area contributed by atoms with Gasteiger partial charge >= 0.3 is 17.9 Å². The van der Waals surface area contributed by atoms with Crippen LogP contribution in [0.2, 0.25) is 0 Å². The van der Waals surface area contributed by atoms with Gasteiger partial charge in [-0.15, -0.1) is 0 Å². The monoisotopic (exact) mass is 612 g/mol. The predicted molar refractivity (Wildman–Crippen MR) is 166 cm³/mol. The van der Waals surface area contributed by atoms with Crippen LogP contribution in [0.1, 0.15) is 53.8 Å². The first-order valence-corrected chi connectivity index (χ1v) is 14.5. The van der Waals surface area contributed by atoms with Gasteiger partial charge in [-0.2, -0.15) is 18.4 Å². The van der Waals surface area contributed by atoms with Crippen molar-refractivity contribution < 1.29 is 18.0 Å². The first-order valence-electron chi connectivity index (χ1n) is 14.5. The Morgan fingerprint density at radius 1 is 1.09 bits per heavy atom. The first-order chi connectivity index (χ1) is 21.6. The molecule has 1 saturated carbocycles. The van der Waals surface area contributed by atoms with E-state index in [4.69, 9.17) is 4.99 Å². The summed E-state index contributed by atoms with van der Waals surface area (Å²) in [6.45, 7) is 5.68. The van der Waals surface area contributed by atoms with Gasteiger partial charge in [0.15, 0.2) is 5.84 Å². The molecule has 1 aromatic heterocycles. The highest BCUT2D eigenvalue weighted by Crippen LogP contribution is 2.31. The van der Waals surface area contributed by atoms with Crippen molar-refractivity contribution in [1.82, 2.24) is 14.5 Å². The van der Waals surface area contributed by atoms with Crippen LogP contribution in [0.15, 0.2) is 101 Å². The van der Waals surface area contributed by atoms with Gasteiger partial charge in [0, 0.05) is 17.9 Å². The fourth-order valence-corrected chi connectivity index (χ4v) is 5.52. The molecule has 0 unspecified atom stereocenters. The second-order valence-electron chi connectivity index (χ2n) is 10.7. The average molecular weight is 613 g/mol. The number of nitrogens with one attached hydrogen (secondary N) is 1. The first kappa shape index (κ1) is 31.1. The third-order valence-corrected chi connectivity index (χ3v) is 7.75. The Morgan fingerprint density at radius 3 is 2.40 bits per heavy atom. The van der Waals surface area contributed by atoms with Crippen LogP contribution < -0.4 is 15.9 Å². The molecule has 0 atom stereocenters. The fourth-order valence-electron chi connectivity index (χ4n) is 5.52. The molecule has 4 aromatic rings. The highest BCUT2D eigenvalue weighted by atomic mass is 19.4. The minimum absolute atomic E-state index is 0.0491. The van der Waals surface area contributed by atoms with E-state index in [2.05, 4.69) is 18.0 Å². The number of hydrogen-bond donors (Lipinski definition) is 1. The second kappa shape index (κ2) is 13.1. The molecule has 0 saturated heterocycles. The minimum Gasteiger partial charge on any atom is -0.335 e. The van der Waals surface area contributed by atoms with E-state index in [-0.39, 0.29) is 35.5 Å². The van der Waals surface area contributed by atoms with E-state index in [1.54, 1.807) is 36.1 Å². The SMILES string of the molecule is C=CN(/C(=N/Cc1ccccc1)c1c(C)n(-c2cccc(C(F)(F)F)c2)c(=O)n1C(=O)NC1CCCC1)c1ccc(C#N)cc1. The zero-order chi connectivity index (χ0) is 32.1. The van der Waals surface area contributed by atoms with Gasteiger partial charge in [-0.05, 0) is 67.8 Å². The normalized spacial score (nSPS) is 13.8. The molecule has 8 nitrogen and oxygen atoms in total. The third kappa shape index (κ3) is 6.60. The van der Waals surface area contributed by atoms with Crippen LogP contribution in [-0.4, -0.2) is 27.0 Å². The Hall–Kier alpha value is -5.37. The lowest BCUT2D eigenvalue weighted by molar-refractivity contribution is -0.137. The van der Waals surface area contributed by atoms with Gasteiger partial charge in [0.1, 0.15) is 5.69 Å². The number of halogens is 3. The number of aromatic nitrogens is 2. The number of rotatable bonds is 7. The summed E-state index contributed by atoms with van der Waals surface area (Å²) in [5, 5.41) is 12.3. The van der Waals surface area contributed by atoms with Gasteiger partial charge < -0.3 is 10.2 Å². The molecule has 0 aliphatic heterocycles. The van der Waals surface area contributed by atoms with Crippen LogP contribution in [-0.2, 0) is 12.7 Å². The van der Waals surface area contributed by atoms with Gasteiger partial charge in [-0.3, -0.25) is 9.56 Å². The number of benzene rings is 3. The molecular weight excluding hydrogens is 581 g/mol. The molecule has 1 amide bonds. The molecule has 0 radical (unpaired) electrons. The van der Waals surface area contributed by atoms with E-state index in [1.165, 1.54) is 18.3 Å². The van der Waals surface area contributed by atoms with Gasteiger partial charge in [-0.1, -0.05) is 55.8 Å². The topological polar surface area (TPSA) is 95.4 Å². The molecule has 1 N–H and O–H groups in total. The quantitative estimate of drug-likeness (QED) is 0.181. The smallest absolute Gasteiger partial charge is 0.335 e. The number of alkyl halides is 3. The van der Waals surface area contributed by atoms with Crippen LogP contribution in [0.25, 0.3) is 5.69 Å². The third-order valence-electron chi connectivity index (χ3n) is 7.75. The number of nitrogens with zero attached hydrogens (tertiary/aromatic N) is 5. The highest BCUT2D eigenvalue weighted by Gasteiger charge is 2.33. The van der Waals surface area contributed by atoms with E-state index >= 15 is 0 Å². The van der Waals surface area contributed by atoms with Crippen LogP contribution in [0.3, 0.4) is 0 Å². The van der Waals surface area contributed by atoms with E-state index in [0.29, 0.717) is 11.3 Å². The van der Waals surface area contributed by atoms with Gasteiger partial charge in [0.25, 0.3) is 0 Å². The summed E-state index contributed by atoms with van der Waals surface area (Å²) in [6.07, 6.45) is 0.198. The second-order valence-corrected chi connectivity index (χ2v) is 10.7. The van der Waals surface area contributed by atoms with Crippen LogP contribution in [0.5, 0.6) is 0 Å². The van der Waals surface area contributed by atoms with Crippen LogP contribution >= 0.6 is 0 Å². The molecule has 11 heteroatoms. The van der Waals surface area contributed by atoms with Crippen molar-refractivity contribution in [2.45, 2.75) is 51.4 Å². The Kier molecular flexibility index (Phi) is 9.04. The lowest BCUT2D eigenvalue weighted by atomic mass is 10.1. The molecule has 45 heavy (non-hydrogen) atoms. The van der Waals surface area contributed by atoms with Gasteiger partial charge in [0.2, 0.25) is 0 Å². The summed E-state index contributed by atoms with van der Waals surface area (Å²) in [7, 11) is 0. The van der Waals surface area contributed by atoms with Crippen molar-refractivity contribution in [3.8, 4) is 11.8 Å². The summed E-state index contributed by atoms with van der Waals surface area (Å²) < 4.78 is 43.1. The molecule has 3 aromatic carbocycles. The predicted octanol–water partition coefficient (Wildman–Crippen LogP) is 6.94. The Morgan fingerprint density at radius 2 is 1.78 bits per heavy atom. The maximum Gasteiger partial charge on any atom is 0.416 e. The van der Waals surface area contributed by atoms with Crippen LogP contribution in [0, 0.1) is 18.3 Å². The number of anilines is 1. The number of amides is 1. The Balaban J connectivity index is 1.76. The maximum atomic E-state index is 14.1. The van der Waals surface area contributed by atoms with Crippen molar-refractivity contribution in [1.29, 1.82) is 5.26 Å². The number of carbonyl (C=O) groups excluding carboxylic acids is 1. The van der Waals surface area contributed by atoms with E-state index in [0.717, 1.165) is 52.5 Å². The summed E-state index contributed by atoms with van der Waals surface area (Å²) in [4.78, 5) is 34.5. The van der Waals surface area contributed by atoms with Crippen molar-refractivity contribution in [2.24, 2.45) is 4.99 Å². The number of imidazole rings is 1. The Bertz CT molecular complexity index is 1830. The zero-order valence-corrected chi connectivity index (χ0v) is 24.6. The number of amidine groups is 1. The van der Waals surface area contributed by atoms with Crippen molar-refractivity contribution in [2.75, 3.05) is 4.90 Å². The molecule has 1 aliphatic carbocycles. The molecular formula is C34H31F3N6O2. The number of nitriles is 1. The number of hydrogen-bond acceptors (Lipinski definition) is 4. The standard InChI is InChI=1S/C34H31F3N6O2/c1-3-41(28-18-16-24(21-38)17-19-28)31(39-22-25-10-5-4-6-11-25)30-23(2)42(29-15-9-12-26(20-29)34(35,36)37)33(45)43(30)32(44)40-27-13-7-8-14-27/h3-6,9-12,15-20,27H,1,7-8,13-14,22H2,2H3,(H,40,44)/b39-31+. The summed E-state index contributed by atoms with van der Waals surface area (Å²) >= 11 is 0. The van der Waals surface area contributed by atoms with E-state index in [1.807, 2.05) is 30.3 Å². The van der Waals surface area contributed by atoms with Crippen molar-refractivity contribution in [3.05, 3.63) is 130 Å². The average Bonchev–Trinajstić information content (AvgIpc) is 3.64. The lowest BCUT2D eigenvalue weighted by Crippen LogP contribution is -2.43. The zero-order valence-electron chi connectivity index (χ0n) is 24.6. The molecule has 1 heterocycles. The number of aliphatic imine (C=N–C) groups is 1. The number of carbonyl (C=O) groups is 1. The molecule has 230 valence electrons. The summed E-state index contributed by atoms with van der Waals surface area (Å²) in [6, 6.07) is 21.6. The van der Waals surface area contributed by atoms with Crippen molar-refractivity contribution >= 4 is 17.6 Å². The summed E-state index contributed by atoms with van der Waals surface area (Å²) in [5.41, 5.74) is 0.279. The summed E-state index contributed by atoms with van der Waals surface area (Å²) in [5.74, 6) is 0.167. The largest absolute Gasteiger partial charge is 0.416 e. The molecule has 1 aliphatic rings. The molecule has 0 bridgehead atoms. The fraction of sp³-hybridized carbons (Fsp3) is 0.235. The van der Waals surface area contributed by atoms with Crippen molar-refractivity contribution in [3.63, 3.8) is 0 Å². The van der Waals surface area contributed by atoms with E-state index < -0.39 is 23.5 Å². The molecule has 1 fully saturated rings.